The molecular formula is C19H22BrFN2O. The zero-order valence-electron chi connectivity index (χ0n) is 14.1. The van der Waals surface area contributed by atoms with E-state index in [0.717, 1.165) is 36.8 Å². The number of ketones is 1. The molecule has 1 aromatic heterocycles. The predicted molar refractivity (Wildman–Crippen MR) is 97.5 cm³/mol. The summed E-state index contributed by atoms with van der Waals surface area (Å²) in [6, 6.07) is 5.70. The first-order valence-corrected chi connectivity index (χ1v) is 9.16. The van der Waals surface area contributed by atoms with Crippen molar-refractivity contribution in [1.29, 1.82) is 0 Å². The second-order valence-electron chi connectivity index (χ2n) is 6.90. The minimum atomic E-state index is -0.299. The van der Waals surface area contributed by atoms with Crippen molar-refractivity contribution in [3.63, 3.8) is 0 Å². The molecule has 0 unspecified atom stereocenters. The lowest BCUT2D eigenvalue weighted by atomic mass is 9.82. The van der Waals surface area contributed by atoms with E-state index < -0.39 is 0 Å². The van der Waals surface area contributed by atoms with Gasteiger partial charge >= 0.3 is 0 Å². The normalized spacial score (nSPS) is 21.4. The van der Waals surface area contributed by atoms with Crippen LogP contribution in [0.4, 0.5) is 4.39 Å². The van der Waals surface area contributed by atoms with Gasteiger partial charge in [-0.25, -0.2) is 4.39 Å². The first-order valence-electron chi connectivity index (χ1n) is 8.37. The topological polar surface area (TPSA) is 33.2 Å². The highest BCUT2D eigenvalue weighted by molar-refractivity contribution is 9.10. The van der Waals surface area contributed by atoms with E-state index >= 15 is 0 Å². The fraction of sp³-hybridized carbons (Fsp3) is 0.474. The van der Waals surface area contributed by atoms with Gasteiger partial charge in [0.15, 0.2) is 0 Å². The number of nitrogens with zero attached hydrogens (tertiary/aromatic N) is 2. The van der Waals surface area contributed by atoms with Crippen LogP contribution < -0.4 is 0 Å². The summed E-state index contributed by atoms with van der Waals surface area (Å²) in [5.74, 6) is 0.0965. The number of carbonyl (C=O) groups is 1. The Hall–Kier alpha value is -1.33. The number of halogens is 2. The fourth-order valence-electron chi connectivity index (χ4n) is 3.56. The summed E-state index contributed by atoms with van der Waals surface area (Å²) in [4.78, 5) is 19.1. The minimum Gasteiger partial charge on any atom is -0.306 e. The number of Topliss-reactive ketones (excluding diaryl/α,β-unsaturated/α-hetero) is 1. The van der Waals surface area contributed by atoms with Crippen molar-refractivity contribution >= 4 is 32.5 Å². The van der Waals surface area contributed by atoms with Crippen LogP contribution >= 0.6 is 15.9 Å². The second kappa shape index (κ2) is 7.28. The highest BCUT2D eigenvalue weighted by Gasteiger charge is 2.27. The van der Waals surface area contributed by atoms with Gasteiger partial charge in [0.2, 0.25) is 0 Å². The van der Waals surface area contributed by atoms with Gasteiger partial charge in [0.1, 0.15) is 11.6 Å². The molecule has 0 N–H and O–H groups in total. The molecule has 1 aromatic carbocycles. The number of fused-ring (bicyclic) bond motifs is 1. The molecule has 3 nitrogen and oxygen atoms in total. The number of hydrogen-bond donors (Lipinski definition) is 0. The van der Waals surface area contributed by atoms with Crippen LogP contribution in [0.1, 0.15) is 31.4 Å². The third-order valence-electron chi connectivity index (χ3n) is 5.05. The predicted octanol–water partition coefficient (Wildman–Crippen LogP) is 4.37. The smallest absolute Gasteiger partial charge is 0.141 e. The molecule has 2 aromatic rings. The van der Waals surface area contributed by atoms with Crippen LogP contribution in [0.2, 0.25) is 0 Å². The van der Waals surface area contributed by atoms with E-state index in [1.165, 1.54) is 12.3 Å². The Labute approximate surface area is 150 Å². The molecule has 0 radical (unpaired) electrons. The zero-order chi connectivity index (χ0) is 17.3. The summed E-state index contributed by atoms with van der Waals surface area (Å²) in [6.07, 6.45) is 5.92. The van der Waals surface area contributed by atoms with Crippen molar-refractivity contribution in [2.75, 3.05) is 14.1 Å². The molecule has 3 rings (SSSR count). The zero-order valence-corrected chi connectivity index (χ0v) is 15.6. The van der Waals surface area contributed by atoms with E-state index in [9.17, 15) is 9.18 Å². The van der Waals surface area contributed by atoms with Crippen LogP contribution in [0.15, 0.2) is 28.9 Å². The Kier molecular flexibility index (Phi) is 5.30. The van der Waals surface area contributed by atoms with Crippen molar-refractivity contribution in [2.45, 2.75) is 38.1 Å². The molecule has 0 bridgehead atoms. The molecule has 1 heterocycles. The summed E-state index contributed by atoms with van der Waals surface area (Å²) < 4.78 is 14.6. The van der Waals surface area contributed by atoms with Gasteiger partial charge in [-0.1, -0.05) is 15.9 Å². The first kappa shape index (κ1) is 17.5. The van der Waals surface area contributed by atoms with Crippen LogP contribution in [-0.2, 0) is 11.2 Å². The van der Waals surface area contributed by atoms with Crippen molar-refractivity contribution < 1.29 is 9.18 Å². The molecule has 128 valence electrons. The standard InChI is InChI=1S/C19H22BrFN2O/c1-23(2)16-5-3-12(4-6-16)19(24)10-15-8-13-7-14(20)9-18(21)17(13)11-22-15/h7-9,11-12,16H,3-6,10H2,1-2H3. The molecule has 0 spiro atoms. The summed E-state index contributed by atoms with van der Waals surface area (Å²) in [7, 11) is 4.20. The number of benzene rings is 1. The van der Waals surface area contributed by atoms with Gasteiger partial charge in [0.25, 0.3) is 0 Å². The maximum absolute atomic E-state index is 13.9. The first-order chi connectivity index (χ1) is 11.4. The van der Waals surface area contributed by atoms with Gasteiger partial charge in [-0.05, 0) is 63.4 Å². The average Bonchev–Trinajstić information content (AvgIpc) is 2.54. The summed E-state index contributed by atoms with van der Waals surface area (Å²) in [6.45, 7) is 0. The molecule has 1 fully saturated rings. The maximum Gasteiger partial charge on any atom is 0.141 e. The molecule has 0 amide bonds. The Morgan fingerprint density at radius 2 is 1.96 bits per heavy atom. The van der Waals surface area contributed by atoms with Gasteiger partial charge in [0, 0.05) is 40.1 Å². The number of carbonyl (C=O) groups excluding carboxylic acids is 1. The van der Waals surface area contributed by atoms with Crippen molar-refractivity contribution in [1.82, 2.24) is 9.88 Å². The fourth-order valence-corrected chi connectivity index (χ4v) is 4.01. The highest BCUT2D eigenvalue weighted by atomic mass is 79.9. The molecular weight excluding hydrogens is 371 g/mol. The van der Waals surface area contributed by atoms with Gasteiger partial charge < -0.3 is 4.90 Å². The van der Waals surface area contributed by atoms with Crippen LogP contribution in [0, 0.1) is 11.7 Å². The van der Waals surface area contributed by atoms with Crippen molar-refractivity contribution in [3.8, 4) is 0 Å². The number of hydrogen-bond acceptors (Lipinski definition) is 3. The van der Waals surface area contributed by atoms with Crippen LogP contribution in [0.25, 0.3) is 10.8 Å². The third kappa shape index (κ3) is 3.83. The van der Waals surface area contributed by atoms with Crippen molar-refractivity contribution in [2.24, 2.45) is 5.92 Å². The molecule has 5 heteroatoms. The van der Waals surface area contributed by atoms with E-state index in [0.29, 0.717) is 22.3 Å². The Balaban J connectivity index is 1.70. The number of rotatable bonds is 4. The van der Waals surface area contributed by atoms with E-state index in [2.05, 4.69) is 39.9 Å². The SMILES string of the molecule is CN(C)C1CCC(C(=O)Cc2cc3cc(Br)cc(F)c3cn2)CC1. The van der Waals surface area contributed by atoms with Crippen LogP contribution in [0.5, 0.6) is 0 Å². The quantitative estimate of drug-likeness (QED) is 0.774. The summed E-state index contributed by atoms with van der Waals surface area (Å²) >= 11 is 3.31. The van der Waals surface area contributed by atoms with Gasteiger partial charge in [-0.3, -0.25) is 9.78 Å². The van der Waals surface area contributed by atoms with Gasteiger partial charge in [-0.15, -0.1) is 0 Å². The van der Waals surface area contributed by atoms with Gasteiger partial charge in [0.05, 0.1) is 0 Å². The molecule has 1 aliphatic rings. The van der Waals surface area contributed by atoms with Crippen LogP contribution in [-0.4, -0.2) is 35.8 Å². The lowest BCUT2D eigenvalue weighted by Gasteiger charge is -2.31. The summed E-state index contributed by atoms with van der Waals surface area (Å²) in [5, 5.41) is 1.26. The summed E-state index contributed by atoms with van der Waals surface area (Å²) in [5.41, 5.74) is 0.722. The Bertz CT molecular complexity index is 754. The largest absolute Gasteiger partial charge is 0.306 e. The maximum atomic E-state index is 13.9. The van der Waals surface area contributed by atoms with E-state index in [1.54, 1.807) is 0 Å². The highest BCUT2D eigenvalue weighted by Crippen LogP contribution is 2.28. The molecule has 0 aliphatic heterocycles. The molecule has 1 aliphatic carbocycles. The van der Waals surface area contributed by atoms with Gasteiger partial charge in [-0.2, -0.15) is 0 Å². The molecule has 1 saturated carbocycles. The third-order valence-corrected chi connectivity index (χ3v) is 5.50. The Morgan fingerprint density at radius 1 is 1.25 bits per heavy atom. The monoisotopic (exact) mass is 392 g/mol. The lowest BCUT2D eigenvalue weighted by Crippen LogP contribution is -2.34. The van der Waals surface area contributed by atoms with Crippen LogP contribution in [0.3, 0.4) is 0 Å². The molecule has 0 saturated heterocycles. The van der Waals surface area contributed by atoms with E-state index in [1.807, 2.05) is 12.1 Å². The minimum absolute atomic E-state index is 0.137. The molecule has 24 heavy (non-hydrogen) atoms. The Morgan fingerprint density at radius 3 is 2.62 bits per heavy atom. The van der Waals surface area contributed by atoms with E-state index in [-0.39, 0.29) is 17.5 Å². The van der Waals surface area contributed by atoms with E-state index in [4.69, 9.17) is 0 Å². The second-order valence-corrected chi connectivity index (χ2v) is 7.81. The number of pyridine rings is 1. The average molecular weight is 393 g/mol. The number of aromatic nitrogens is 1. The van der Waals surface area contributed by atoms with Crippen molar-refractivity contribution in [3.05, 3.63) is 40.4 Å². The molecule has 0 atom stereocenters. The lowest BCUT2D eigenvalue weighted by molar-refractivity contribution is -0.123.